The summed E-state index contributed by atoms with van der Waals surface area (Å²) in [5.74, 6) is 0.579. The Morgan fingerprint density at radius 2 is 1.86 bits per heavy atom. The van der Waals surface area contributed by atoms with Crippen LogP contribution >= 0.6 is 15.9 Å². The van der Waals surface area contributed by atoms with Gasteiger partial charge in [-0.05, 0) is 35.6 Å². The molecule has 3 unspecified atom stereocenters. The monoisotopic (exact) mass is 343 g/mol. The van der Waals surface area contributed by atoms with Gasteiger partial charge in [0, 0.05) is 10.4 Å². The van der Waals surface area contributed by atoms with E-state index in [1.807, 2.05) is 24.3 Å². The number of hydrogen-bond acceptors (Lipinski definition) is 1. The van der Waals surface area contributed by atoms with Gasteiger partial charge in [-0.2, -0.15) is 0 Å². The summed E-state index contributed by atoms with van der Waals surface area (Å²) >= 11 is 3.63. The second kappa shape index (κ2) is 4.99. The Hall–Kier alpha value is -1.61. The molecule has 1 aliphatic carbocycles. The minimum absolute atomic E-state index is 0.130. The van der Waals surface area contributed by atoms with Crippen molar-refractivity contribution in [3.63, 3.8) is 0 Å². The number of benzene rings is 2. The molecule has 21 heavy (non-hydrogen) atoms. The summed E-state index contributed by atoms with van der Waals surface area (Å²) in [4.78, 5) is 0. The molecule has 1 N–H and O–H groups in total. The van der Waals surface area contributed by atoms with Crippen LogP contribution in [0.3, 0.4) is 0 Å². The van der Waals surface area contributed by atoms with E-state index in [9.17, 15) is 4.39 Å². The van der Waals surface area contributed by atoms with E-state index in [1.165, 1.54) is 11.6 Å². The lowest BCUT2D eigenvalue weighted by Gasteiger charge is -2.38. The second-order valence-corrected chi connectivity index (χ2v) is 6.56. The predicted octanol–water partition coefficient (Wildman–Crippen LogP) is 5.41. The highest BCUT2D eigenvalue weighted by Crippen LogP contribution is 2.51. The summed E-state index contributed by atoms with van der Waals surface area (Å²) in [7, 11) is 0. The van der Waals surface area contributed by atoms with Gasteiger partial charge in [0.15, 0.2) is 0 Å². The summed E-state index contributed by atoms with van der Waals surface area (Å²) in [5, 5.41) is 3.45. The fourth-order valence-corrected chi connectivity index (χ4v) is 4.15. The Labute approximate surface area is 132 Å². The van der Waals surface area contributed by atoms with Gasteiger partial charge in [0.2, 0.25) is 0 Å². The van der Waals surface area contributed by atoms with Gasteiger partial charge >= 0.3 is 0 Å². The van der Waals surface area contributed by atoms with Gasteiger partial charge < -0.3 is 5.32 Å². The number of fused-ring (bicyclic) bond motifs is 3. The normalized spacial score (nSPS) is 26.1. The molecule has 0 aromatic heterocycles. The number of halogens is 2. The largest absolute Gasteiger partial charge is 0.375 e. The highest BCUT2D eigenvalue weighted by molar-refractivity contribution is 9.10. The summed E-state index contributed by atoms with van der Waals surface area (Å²) < 4.78 is 15.3. The quantitative estimate of drug-likeness (QED) is 0.682. The third kappa shape index (κ3) is 2.03. The predicted molar refractivity (Wildman–Crippen MR) is 86.9 cm³/mol. The number of rotatable bonds is 1. The topological polar surface area (TPSA) is 12.0 Å². The number of allylic oxidation sites excluding steroid dienone is 2. The van der Waals surface area contributed by atoms with E-state index >= 15 is 0 Å². The average Bonchev–Trinajstić information content (AvgIpc) is 2.97. The molecule has 0 radical (unpaired) electrons. The number of nitrogens with one attached hydrogen (secondary N) is 1. The molecule has 2 aromatic carbocycles. The van der Waals surface area contributed by atoms with Crippen LogP contribution in [-0.4, -0.2) is 0 Å². The number of hydrogen-bond donors (Lipinski definition) is 1. The summed E-state index contributed by atoms with van der Waals surface area (Å²) in [5.41, 5.74) is 2.94. The molecule has 3 heteroatoms. The lowest BCUT2D eigenvalue weighted by atomic mass is 9.77. The smallest absolute Gasteiger partial charge is 0.146 e. The number of anilines is 1. The van der Waals surface area contributed by atoms with Crippen LogP contribution in [0.15, 0.2) is 59.1 Å². The molecule has 2 aromatic rings. The second-order valence-electron chi connectivity index (χ2n) is 5.70. The minimum atomic E-state index is -0.164. The van der Waals surface area contributed by atoms with Crippen molar-refractivity contribution in [2.45, 2.75) is 18.4 Å². The third-order valence-electron chi connectivity index (χ3n) is 4.59. The molecule has 3 atom stereocenters. The standard InChI is InChI=1S/C18H15BrFN/c19-15-9-2-1-5-14(15)17-12-7-3-6-11(12)13-8-4-10-16(20)18(13)21-17/h1-6,8-12,17,21H,7H2. The molecule has 4 rings (SSSR count). The van der Waals surface area contributed by atoms with Crippen LogP contribution in [0.5, 0.6) is 0 Å². The Bertz CT molecular complexity index is 725. The minimum Gasteiger partial charge on any atom is -0.375 e. The maximum atomic E-state index is 14.2. The van der Waals surface area contributed by atoms with Gasteiger partial charge in [0.25, 0.3) is 0 Å². The first-order valence-corrected chi connectivity index (χ1v) is 8.01. The molecular formula is C18H15BrFN. The SMILES string of the molecule is Fc1cccc2c1NC(c1ccccc1Br)C1CC=CC21. The van der Waals surface area contributed by atoms with E-state index < -0.39 is 0 Å². The summed E-state index contributed by atoms with van der Waals surface area (Å²) in [6, 6.07) is 13.7. The highest BCUT2D eigenvalue weighted by atomic mass is 79.9. The van der Waals surface area contributed by atoms with Gasteiger partial charge in [0.05, 0.1) is 11.7 Å². The van der Waals surface area contributed by atoms with Gasteiger partial charge in [-0.15, -0.1) is 0 Å². The third-order valence-corrected chi connectivity index (χ3v) is 5.31. The molecule has 1 aliphatic heterocycles. The molecular weight excluding hydrogens is 329 g/mol. The lowest BCUT2D eigenvalue weighted by molar-refractivity contribution is 0.420. The zero-order chi connectivity index (χ0) is 14.4. The van der Waals surface area contributed by atoms with Crippen LogP contribution in [0.25, 0.3) is 0 Å². The van der Waals surface area contributed by atoms with Gasteiger partial charge in [-0.25, -0.2) is 4.39 Å². The molecule has 0 saturated heterocycles. The van der Waals surface area contributed by atoms with E-state index in [4.69, 9.17) is 0 Å². The maximum absolute atomic E-state index is 14.2. The van der Waals surface area contributed by atoms with Crippen molar-refractivity contribution in [1.82, 2.24) is 0 Å². The van der Waals surface area contributed by atoms with Crippen molar-refractivity contribution in [3.8, 4) is 0 Å². The van der Waals surface area contributed by atoms with Crippen molar-refractivity contribution in [1.29, 1.82) is 0 Å². The first kappa shape index (κ1) is 13.1. The van der Waals surface area contributed by atoms with Crippen molar-refractivity contribution >= 4 is 21.6 Å². The van der Waals surface area contributed by atoms with E-state index in [-0.39, 0.29) is 11.9 Å². The fourth-order valence-electron chi connectivity index (χ4n) is 3.62. The molecule has 1 heterocycles. The Kier molecular flexibility index (Phi) is 3.11. The molecule has 2 aliphatic rings. The van der Waals surface area contributed by atoms with Gasteiger partial charge in [-0.3, -0.25) is 0 Å². The van der Waals surface area contributed by atoms with E-state index in [0.29, 0.717) is 17.5 Å². The van der Waals surface area contributed by atoms with Crippen molar-refractivity contribution in [2.75, 3.05) is 5.32 Å². The fraction of sp³-hybridized carbons (Fsp3) is 0.222. The lowest BCUT2D eigenvalue weighted by Crippen LogP contribution is -2.29. The highest BCUT2D eigenvalue weighted by Gasteiger charge is 2.39. The van der Waals surface area contributed by atoms with Crippen molar-refractivity contribution < 1.29 is 4.39 Å². The first-order chi connectivity index (χ1) is 10.3. The molecule has 0 bridgehead atoms. The molecule has 106 valence electrons. The zero-order valence-electron chi connectivity index (χ0n) is 11.4. The molecule has 0 spiro atoms. The average molecular weight is 344 g/mol. The van der Waals surface area contributed by atoms with Crippen LogP contribution in [0, 0.1) is 11.7 Å². The van der Waals surface area contributed by atoms with Crippen LogP contribution < -0.4 is 5.32 Å². The van der Waals surface area contributed by atoms with Crippen LogP contribution in [0.1, 0.15) is 29.5 Å². The summed E-state index contributed by atoms with van der Waals surface area (Å²) in [6.45, 7) is 0. The van der Waals surface area contributed by atoms with Gasteiger partial charge in [-0.1, -0.05) is 58.4 Å². The van der Waals surface area contributed by atoms with Crippen molar-refractivity contribution in [3.05, 3.63) is 76.0 Å². The molecule has 0 saturated carbocycles. The number of para-hydroxylation sites is 1. The Balaban J connectivity index is 1.85. The molecule has 0 fully saturated rings. The summed E-state index contributed by atoms with van der Waals surface area (Å²) in [6.07, 6.45) is 5.48. The maximum Gasteiger partial charge on any atom is 0.146 e. The van der Waals surface area contributed by atoms with Gasteiger partial charge in [0.1, 0.15) is 5.82 Å². The van der Waals surface area contributed by atoms with Crippen LogP contribution in [0.2, 0.25) is 0 Å². The molecule has 1 nitrogen and oxygen atoms in total. The van der Waals surface area contributed by atoms with Crippen molar-refractivity contribution in [2.24, 2.45) is 5.92 Å². The first-order valence-electron chi connectivity index (χ1n) is 7.22. The Morgan fingerprint density at radius 1 is 1.05 bits per heavy atom. The Morgan fingerprint density at radius 3 is 2.71 bits per heavy atom. The van der Waals surface area contributed by atoms with E-state index in [1.54, 1.807) is 6.07 Å². The zero-order valence-corrected chi connectivity index (χ0v) is 13.0. The van der Waals surface area contributed by atoms with E-state index in [2.05, 4.69) is 39.5 Å². The van der Waals surface area contributed by atoms with E-state index in [0.717, 1.165) is 16.5 Å². The van der Waals surface area contributed by atoms with Crippen LogP contribution in [0.4, 0.5) is 10.1 Å². The molecule has 0 amide bonds. The van der Waals surface area contributed by atoms with Crippen LogP contribution in [-0.2, 0) is 0 Å².